The maximum absolute atomic E-state index is 11.8. The van der Waals surface area contributed by atoms with E-state index in [2.05, 4.69) is 19.9 Å². The zero-order valence-corrected chi connectivity index (χ0v) is 15.9. The van der Waals surface area contributed by atoms with E-state index in [1.165, 1.54) is 7.11 Å². The number of nitrogens with zero attached hydrogens (tertiary/aromatic N) is 3. The van der Waals surface area contributed by atoms with Crippen LogP contribution in [0.5, 0.6) is 5.75 Å². The highest BCUT2D eigenvalue weighted by molar-refractivity contribution is 5.98. The first-order valence-corrected chi connectivity index (χ1v) is 9.30. The molecule has 2 aliphatic rings. The number of carbonyl (C=O) groups is 2. The molecule has 2 aromatic rings. The summed E-state index contributed by atoms with van der Waals surface area (Å²) in [6, 6.07) is 5.27. The summed E-state index contributed by atoms with van der Waals surface area (Å²) in [4.78, 5) is 34.3. The molecule has 2 aromatic heterocycles. The first kappa shape index (κ1) is 18.2. The Bertz CT molecular complexity index is 905. The molecule has 4 heterocycles. The number of piperidine rings is 1. The van der Waals surface area contributed by atoms with E-state index in [0.717, 1.165) is 43.0 Å². The minimum absolute atomic E-state index is 0.0453. The molecule has 1 N–H and O–H groups in total. The Labute approximate surface area is 162 Å². The number of esters is 1. The molecule has 8 heteroatoms. The standard InChI is InChI=1S/C20H22N4O4/c1-12-9-15-17(11-22-19(15)25)23-18(12)24-7-5-13(6-8-24)28-14-3-4-16(21-10-14)20(26)27-2/h3-4,9-10,13H,5-8,11H2,1-2H3,(H,22,25). The Kier molecular flexibility index (Phi) is 4.85. The van der Waals surface area contributed by atoms with Crippen LogP contribution >= 0.6 is 0 Å². The summed E-state index contributed by atoms with van der Waals surface area (Å²) >= 11 is 0. The number of nitrogens with one attached hydrogen (secondary N) is 1. The van der Waals surface area contributed by atoms with E-state index in [4.69, 9.17) is 9.72 Å². The average molecular weight is 382 g/mol. The summed E-state index contributed by atoms with van der Waals surface area (Å²) in [6.45, 7) is 4.14. The predicted molar refractivity (Wildman–Crippen MR) is 102 cm³/mol. The molecule has 1 fully saturated rings. The van der Waals surface area contributed by atoms with Gasteiger partial charge in [-0.25, -0.2) is 14.8 Å². The van der Waals surface area contributed by atoms with E-state index >= 15 is 0 Å². The molecule has 0 spiro atoms. The van der Waals surface area contributed by atoms with Crippen molar-refractivity contribution in [3.05, 3.63) is 46.9 Å². The number of anilines is 1. The number of hydrogen-bond donors (Lipinski definition) is 1. The van der Waals surface area contributed by atoms with Crippen molar-refractivity contribution in [2.24, 2.45) is 0 Å². The third-order valence-corrected chi connectivity index (χ3v) is 5.10. The Hall–Kier alpha value is -3.16. The highest BCUT2D eigenvalue weighted by atomic mass is 16.5. The Morgan fingerprint density at radius 2 is 2.07 bits per heavy atom. The van der Waals surface area contributed by atoms with Crippen LogP contribution in [0.3, 0.4) is 0 Å². The van der Waals surface area contributed by atoms with Crippen LogP contribution in [-0.2, 0) is 11.3 Å². The first-order chi connectivity index (χ1) is 13.5. The van der Waals surface area contributed by atoms with Crippen molar-refractivity contribution >= 4 is 17.7 Å². The van der Waals surface area contributed by atoms with Gasteiger partial charge in [-0.3, -0.25) is 4.79 Å². The minimum Gasteiger partial charge on any atom is -0.489 e. The van der Waals surface area contributed by atoms with Crippen molar-refractivity contribution in [3.8, 4) is 5.75 Å². The number of ether oxygens (including phenoxy) is 2. The van der Waals surface area contributed by atoms with Gasteiger partial charge in [0.1, 0.15) is 23.4 Å². The molecule has 0 aromatic carbocycles. The number of amides is 1. The van der Waals surface area contributed by atoms with Crippen molar-refractivity contribution in [3.63, 3.8) is 0 Å². The fourth-order valence-corrected chi connectivity index (χ4v) is 3.60. The van der Waals surface area contributed by atoms with Crippen LogP contribution in [0.2, 0.25) is 0 Å². The maximum Gasteiger partial charge on any atom is 0.356 e. The first-order valence-electron chi connectivity index (χ1n) is 9.30. The van der Waals surface area contributed by atoms with Gasteiger partial charge < -0.3 is 19.7 Å². The third-order valence-electron chi connectivity index (χ3n) is 5.10. The molecule has 0 radical (unpaired) electrons. The van der Waals surface area contributed by atoms with E-state index < -0.39 is 5.97 Å². The monoisotopic (exact) mass is 382 g/mol. The zero-order chi connectivity index (χ0) is 19.7. The van der Waals surface area contributed by atoms with E-state index in [9.17, 15) is 9.59 Å². The summed E-state index contributed by atoms with van der Waals surface area (Å²) in [5.41, 5.74) is 2.77. The zero-order valence-electron chi connectivity index (χ0n) is 15.9. The topological polar surface area (TPSA) is 93.7 Å². The number of hydrogen-bond acceptors (Lipinski definition) is 7. The van der Waals surface area contributed by atoms with E-state index in [1.807, 2.05) is 13.0 Å². The lowest BCUT2D eigenvalue weighted by molar-refractivity contribution is 0.0593. The molecule has 0 unspecified atom stereocenters. The Morgan fingerprint density at radius 1 is 1.29 bits per heavy atom. The molecule has 1 saturated heterocycles. The van der Waals surface area contributed by atoms with Crippen LogP contribution in [0.1, 0.15) is 44.9 Å². The van der Waals surface area contributed by atoms with Gasteiger partial charge in [0.2, 0.25) is 0 Å². The second-order valence-electron chi connectivity index (χ2n) is 6.98. The number of aryl methyl sites for hydroxylation is 1. The summed E-state index contributed by atoms with van der Waals surface area (Å²) in [6.07, 6.45) is 3.34. The van der Waals surface area contributed by atoms with Gasteiger partial charge in [-0.05, 0) is 30.7 Å². The highest BCUT2D eigenvalue weighted by Crippen LogP contribution is 2.27. The number of fused-ring (bicyclic) bond motifs is 1. The number of methoxy groups -OCH3 is 1. The van der Waals surface area contributed by atoms with Crippen molar-refractivity contribution in [1.82, 2.24) is 15.3 Å². The van der Waals surface area contributed by atoms with Crippen LogP contribution in [0.15, 0.2) is 24.4 Å². The van der Waals surface area contributed by atoms with Crippen LogP contribution in [0.4, 0.5) is 5.82 Å². The number of carbonyl (C=O) groups excluding carboxylic acids is 2. The molecule has 0 atom stereocenters. The Morgan fingerprint density at radius 3 is 2.75 bits per heavy atom. The van der Waals surface area contributed by atoms with Crippen molar-refractivity contribution < 1.29 is 19.1 Å². The fourth-order valence-electron chi connectivity index (χ4n) is 3.60. The molecule has 8 nitrogen and oxygen atoms in total. The smallest absolute Gasteiger partial charge is 0.356 e. The molecule has 146 valence electrons. The maximum atomic E-state index is 11.8. The molecule has 0 bridgehead atoms. The average Bonchev–Trinajstić information content (AvgIpc) is 3.08. The lowest BCUT2D eigenvalue weighted by Crippen LogP contribution is -2.39. The second-order valence-corrected chi connectivity index (χ2v) is 6.98. The SMILES string of the molecule is COC(=O)c1ccc(OC2CCN(c3nc4c(cc3C)C(=O)NC4)CC2)cn1. The van der Waals surface area contributed by atoms with Gasteiger partial charge in [-0.15, -0.1) is 0 Å². The molecule has 4 rings (SSSR count). The van der Waals surface area contributed by atoms with Gasteiger partial charge in [0.05, 0.1) is 31.1 Å². The molecule has 1 amide bonds. The fraction of sp³-hybridized carbons (Fsp3) is 0.400. The quantitative estimate of drug-likeness (QED) is 0.807. The van der Waals surface area contributed by atoms with Gasteiger partial charge in [-0.2, -0.15) is 0 Å². The van der Waals surface area contributed by atoms with E-state index in [-0.39, 0.29) is 17.7 Å². The van der Waals surface area contributed by atoms with Gasteiger partial charge in [0.25, 0.3) is 5.91 Å². The molecule has 2 aliphatic heterocycles. The van der Waals surface area contributed by atoms with Crippen molar-refractivity contribution in [1.29, 1.82) is 0 Å². The predicted octanol–water partition coefficient (Wildman–Crippen LogP) is 1.86. The Balaban J connectivity index is 1.37. The van der Waals surface area contributed by atoms with Gasteiger partial charge in [-0.1, -0.05) is 0 Å². The van der Waals surface area contributed by atoms with E-state index in [1.54, 1.807) is 18.3 Å². The van der Waals surface area contributed by atoms with Gasteiger partial charge in [0.15, 0.2) is 0 Å². The molecule has 0 aliphatic carbocycles. The van der Waals surface area contributed by atoms with Crippen molar-refractivity contribution in [2.75, 3.05) is 25.1 Å². The third kappa shape index (κ3) is 3.49. The van der Waals surface area contributed by atoms with Gasteiger partial charge in [0, 0.05) is 25.9 Å². The second kappa shape index (κ2) is 7.46. The highest BCUT2D eigenvalue weighted by Gasteiger charge is 2.26. The molecule has 0 saturated carbocycles. The summed E-state index contributed by atoms with van der Waals surface area (Å²) in [7, 11) is 1.33. The lowest BCUT2D eigenvalue weighted by atomic mass is 10.1. The summed E-state index contributed by atoms with van der Waals surface area (Å²) in [5, 5.41) is 2.82. The number of rotatable bonds is 4. The summed E-state index contributed by atoms with van der Waals surface area (Å²) in [5.74, 6) is 1.07. The number of aromatic nitrogens is 2. The van der Waals surface area contributed by atoms with Crippen molar-refractivity contribution in [2.45, 2.75) is 32.4 Å². The van der Waals surface area contributed by atoms with Crippen LogP contribution in [-0.4, -0.2) is 48.1 Å². The molecular weight excluding hydrogens is 360 g/mol. The lowest BCUT2D eigenvalue weighted by Gasteiger charge is -2.33. The minimum atomic E-state index is -0.464. The largest absolute Gasteiger partial charge is 0.489 e. The van der Waals surface area contributed by atoms with E-state index in [0.29, 0.717) is 17.9 Å². The number of pyridine rings is 2. The normalized spacial score (nSPS) is 16.5. The van der Waals surface area contributed by atoms with Gasteiger partial charge >= 0.3 is 5.97 Å². The molecular formula is C20H22N4O4. The molecule has 28 heavy (non-hydrogen) atoms. The van der Waals surface area contributed by atoms with Crippen LogP contribution in [0.25, 0.3) is 0 Å². The van der Waals surface area contributed by atoms with Crippen LogP contribution < -0.4 is 15.0 Å². The summed E-state index contributed by atoms with van der Waals surface area (Å²) < 4.78 is 10.7. The van der Waals surface area contributed by atoms with Crippen LogP contribution in [0, 0.1) is 6.92 Å².